The predicted molar refractivity (Wildman–Crippen MR) is 147 cm³/mol. The lowest BCUT2D eigenvalue weighted by Crippen LogP contribution is -2.07. The lowest BCUT2D eigenvalue weighted by molar-refractivity contribution is -0.383. The Morgan fingerprint density at radius 1 is 0.946 bits per heavy atom. The molecule has 0 radical (unpaired) electrons. The summed E-state index contributed by atoms with van der Waals surface area (Å²) in [7, 11) is 0. The van der Waals surface area contributed by atoms with Crippen molar-refractivity contribution in [2.24, 2.45) is 0 Å². The molecule has 8 nitrogen and oxygen atoms in total. The molecule has 0 saturated heterocycles. The van der Waals surface area contributed by atoms with Crippen LogP contribution in [-0.2, 0) is 0 Å². The van der Waals surface area contributed by atoms with Crippen molar-refractivity contribution in [3.8, 4) is 6.07 Å². The van der Waals surface area contributed by atoms with Gasteiger partial charge in [0.05, 0.1) is 32.6 Å². The van der Waals surface area contributed by atoms with Crippen molar-refractivity contribution in [2.45, 2.75) is 12.8 Å². The third-order valence-corrected chi connectivity index (χ3v) is 6.85. The van der Waals surface area contributed by atoms with Crippen molar-refractivity contribution in [1.29, 1.82) is 5.26 Å². The first-order valence-corrected chi connectivity index (χ1v) is 12.1. The second-order valence-corrected chi connectivity index (χ2v) is 9.46. The quantitative estimate of drug-likeness (QED) is 0.168. The number of nitrogens with one attached hydrogen (secondary N) is 2. The molecule has 0 spiro atoms. The van der Waals surface area contributed by atoms with E-state index in [0.717, 1.165) is 5.56 Å². The minimum atomic E-state index is -0.635. The Morgan fingerprint density at radius 2 is 1.59 bits per heavy atom. The average Bonchev–Trinajstić information content (AvgIpc) is 2.86. The van der Waals surface area contributed by atoms with Crippen molar-refractivity contribution in [3.63, 3.8) is 0 Å². The molecule has 0 aliphatic rings. The Kier molecular flexibility index (Phi) is 8.00. The highest BCUT2D eigenvalue weighted by Gasteiger charge is 2.25. The summed E-state index contributed by atoms with van der Waals surface area (Å²) in [5, 5.41) is 29.0. The van der Waals surface area contributed by atoms with Crippen LogP contribution in [0, 0.1) is 28.4 Å². The standard InChI is InChI=1S/C25H16Cl4N6O2/c1-13-9-16(17(11-30)14-5-7-15(26)8-6-14)19(28)10-21(13)34-25-23(35(36)37)24(31-12-32-25)33-20-4-2-3-18(27)22(20)29/h2-10,12,17H,1H3,(H2,31,32,33,34). The van der Waals surface area contributed by atoms with E-state index in [1.165, 1.54) is 6.33 Å². The van der Waals surface area contributed by atoms with Crippen molar-refractivity contribution in [3.05, 3.63) is 108 Å². The average molecular weight is 574 g/mol. The number of aryl methyl sites for hydroxylation is 1. The Balaban J connectivity index is 1.70. The number of benzene rings is 3. The highest BCUT2D eigenvalue weighted by molar-refractivity contribution is 6.43. The molecule has 2 N–H and O–H groups in total. The molecule has 0 amide bonds. The smallest absolute Gasteiger partial charge is 0.334 e. The lowest BCUT2D eigenvalue weighted by Gasteiger charge is -2.17. The summed E-state index contributed by atoms with van der Waals surface area (Å²) in [4.78, 5) is 19.5. The van der Waals surface area contributed by atoms with Crippen LogP contribution >= 0.6 is 46.4 Å². The first-order valence-electron chi connectivity index (χ1n) is 10.6. The zero-order chi connectivity index (χ0) is 26.7. The summed E-state index contributed by atoms with van der Waals surface area (Å²) in [6, 6.07) is 17.4. The fraction of sp³-hybridized carbons (Fsp3) is 0.0800. The van der Waals surface area contributed by atoms with E-state index in [0.29, 0.717) is 32.5 Å². The number of hydrogen-bond acceptors (Lipinski definition) is 7. The van der Waals surface area contributed by atoms with Gasteiger partial charge in [-0.05, 0) is 53.9 Å². The number of nitriles is 1. The van der Waals surface area contributed by atoms with Gasteiger partial charge >= 0.3 is 5.69 Å². The molecule has 1 unspecified atom stereocenters. The summed E-state index contributed by atoms with van der Waals surface area (Å²) in [5.74, 6) is -0.787. The van der Waals surface area contributed by atoms with E-state index in [2.05, 4.69) is 26.7 Å². The van der Waals surface area contributed by atoms with Gasteiger partial charge in [0.25, 0.3) is 0 Å². The summed E-state index contributed by atoms with van der Waals surface area (Å²) in [6.07, 6.45) is 1.17. The zero-order valence-electron chi connectivity index (χ0n) is 19.0. The second-order valence-electron chi connectivity index (χ2n) is 7.83. The Hall–Kier alpha value is -3.61. The largest absolute Gasteiger partial charge is 0.353 e. The highest BCUT2D eigenvalue weighted by Crippen LogP contribution is 2.39. The Morgan fingerprint density at radius 3 is 2.22 bits per heavy atom. The summed E-state index contributed by atoms with van der Waals surface area (Å²) in [6.45, 7) is 1.79. The maximum atomic E-state index is 12.0. The maximum absolute atomic E-state index is 12.0. The van der Waals surface area contributed by atoms with E-state index < -0.39 is 16.5 Å². The van der Waals surface area contributed by atoms with Crippen LogP contribution in [-0.4, -0.2) is 14.9 Å². The van der Waals surface area contributed by atoms with Crippen LogP contribution in [0.5, 0.6) is 0 Å². The summed E-state index contributed by atoms with van der Waals surface area (Å²) in [5.41, 5.74) is 2.41. The van der Waals surface area contributed by atoms with Crippen LogP contribution in [0.2, 0.25) is 20.1 Å². The van der Waals surface area contributed by atoms with E-state index in [9.17, 15) is 15.4 Å². The van der Waals surface area contributed by atoms with E-state index >= 15 is 0 Å². The molecule has 1 heterocycles. The molecular formula is C25H16Cl4N6O2. The molecular weight excluding hydrogens is 558 g/mol. The van der Waals surface area contributed by atoms with Crippen molar-refractivity contribution < 1.29 is 4.92 Å². The molecule has 4 rings (SSSR count). The van der Waals surface area contributed by atoms with Gasteiger partial charge in [0.15, 0.2) is 0 Å². The molecule has 1 aromatic heterocycles. The number of rotatable bonds is 7. The van der Waals surface area contributed by atoms with E-state index in [1.807, 2.05) is 0 Å². The Labute approximate surface area is 231 Å². The van der Waals surface area contributed by atoms with Crippen LogP contribution in [0.25, 0.3) is 0 Å². The molecule has 4 aromatic rings. The molecule has 0 bridgehead atoms. The van der Waals surface area contributed by atoms with Crippen molar-refractivity contribution >= 4 is 75.1 Å². The fourth-order valence-electron chi connectivity index (χ4n) is 3.63. The van der Waals surface area contributed by atoms with Crippen LogP contribution in [0.4, 0.5) is 28.7 Å². The summed E-state index contributed by atoms with van der Waals surface area (Å²) >= 11 is 24.8. The number of nitro groups is 1. The topological polar surface area (TPSA) is 117 Å². The number of nitrogens with zero attached hydrogens (tertiary/aromatic N) is 4. The van der Waals surface area contributed by atoms with Crippen LogP contribution in [0.3, 0.4) is 0 Å². The normalized spacial score (nSPS) is 11.5. The number of anilines is 4. The lowest BCUT2D eigenvalue weighted by atomic mass is 9.91. The van der Waals surface area contributed by atoms with Gasteiger partial charge in [-0.3, -0.25) is 10.1 Å². The van der Waals surface area contributed by atoms with Gasteiger partial charge in [0.1, 0.15) is 6.33 Å². The van der Waals surface area contributed by atoms with E-state index in [4.69, 9.17) is 46.4 Å². The van der Waals surface area contributed by atoms with Gasteiger partial charge in [-0.2, -0.15) is 5.26 Å². The number of halogens is 4. The van der Waals surface area contributed by atoms with Crippen LogP contribution < -0.4 is 10.6 Å². The zero-order valence-corrected chi connectivity index (χ0v) is 22.0. The first kappa shape index (κ1) is 26.5. The van der Waals surface area contributed by atoms with Gasteiger partial charge in [-0.25, -0.2) is 9.97 Å². The minimum absolute atomic E-state index is 0.0675. The van der Waals surface area contributed by atoms with E-state index in [1.54, 1.807) is 61.5 Å². The second kappa shape index (κ2) is 11.2. The number of aromatic nitrogens is 2. The summed E-state index contributed by atoms with van der Waals surface area (Å²) < 4.78 is 0. The van der Waals surface area contributed by atoms with Gasteiger partial charge in [-0.1, -0.05) is 70.7 Å². The predicted octanol–water partition coefficient (Wildman–Crippen LogP) is 8.45. The van der Waals surface area contributed by atoms with Crippen molar-refractivity contribution in [1.82, 2.24) is 9.97 Å². The van der Waals surface area contributed by atoms with Crippen molar-refractivity contribution in [2.75, 3.05) is 10.6 Å². The fourth-order valence-corrected chi connectivity index (χ4v) is 4.38. The Bertz CT molecular complexity index is 1540. The van der Waals surface area contributed by atoms with Gasteiger partial charge in [0, 0.05) is 15.7 Å². The minimum Gasteiger partial charge on any atom is -0.334 e. The molecule has 0 aliphatic heterocycles. The van der Waals surface area contributed by atoms with Gasteiger partial charge in [-0.15, -0.1) is 0 Å². The molecule has 0 saturated carbocycles. The maximum Gasteiger partial charge on any atom is 0.353 e. The molecule has 186 valence electrons. The highest BCUT2D eigenvalue weighted by atomic mass is 35.5. The molecule has 0 aliphatic carbocycles. The van der Waals surface area contributed by atoms with E-state index in [-0.39, 0.29) is 21.7 Å². The first-order chi connectivity index (χ1) is 17.7. The van der Waals surface area contributed by atoms with Crippen LogP contribution in [0.1, 0.15) is 22.6 Å². The monoisotopic (exact) mass is 572 g/mol. The molecule has 0 fully saturated rings. The van der Waals surface area contributed by atoms with Gasteiger partial charge < -0.3 is 10.6 Å². The molecule has 3 aromatic carbocycles. The molecule has 12 heteroatoms. The van der Waals surface area contributed by atoms with Crippen LogP contribution in [0.15, 0.2) is 60.9 Å². The third kappa shape index (κ3) is 5.71. The number of hydrogen-bond donors (Lipinski definition) is 2. The molecule has 37 heavy (non-hydrogen) atoms. The van der Waals surface area contributed by atoms with Gasteiger partial charge in [0.2, 0.25) is 11.6 Å². The SMILES string of the molecule is Cc1cc(C(C#N)c2ccc(Cl)cc2)c(Cl)cc1Nc1ncnc(Nc2cccc(Cl)c2Cl)c1[N+](=O)[O-]. The molecule has 1 atom stereocenters. The third-order valence-electron chi connectivity index (χ3n) is 5.45.